The Morgan fingerprint density at radius 1 is 0.882 bits per heavy atom. The van der Waals surface area contributed by atoms with E-state index in [9.17, 15) is 9.59 Å². The summed E-state index contributed by atoms with van der Waals surface area (Å²) in [4.78, 5) is 30.8. The molecule has 3 heterocycles. The molecule has 5 rings (SSSR count). The molecule has 2 amide bonds. The van der Waals surface area contributed by atoms with Gasteiger partial charge in [-0.25, -0.2) is 4.68 Å². The molecule has 0 unspecified atom stereocenters. The minimum Gasteiger partial charge on any atom is -0.336 e. The van der Waals surface area contributed by atoms with Gasteiger partial charge in [-0.2, -0.15) is 5.10 Å². The highest BCUT2D eigenvalue weighted by Gasteiger charge is 2.27. The van der Waals surface area contributed by atoms with Crippen LogP contribution >= 0.6 is 11.3 Å². The van der Waals surface area contributed by atoms with Crippen molar-refractivity contribution < 1.29 is 9.59 Å². The van der Waals surface area contributed by atoms with Crippen molar-refractivity contribution in [1.82, 2.24) is 19.6 Å². The van der Waals surface area contributed by atoms with Crippen LogP contribution in [-0.4, -0.2) is 64.1 Å². The van der Waals surface area contributed by atoms with Crippen LogP contribution < -0.4 is 5.32 Å². The fraction of sp³-hybridized carbons (Fsp3) is 0.192. The molecule has 4 aromatic rings. The Morgan fingerprint density at radius 3 is 2.26 bits per heavy atom. The third-order valence-corrected chi connectivity index (χ3v) is 6.68. The first-order chi connectivity index (χ1) is 16.7. The van der Waals surface area contributed by atoms with Crippen LogP contribution in [0.3, 0.4) is 0 Å². The molecule has 0 spiro atoms. The summed E-state index contributed by atoms with van der Waals surface area (Å²) in [5.41, 5.74) is 3.00. The average Bonchev–Trinajstić information content (AvgIpc) is 3.56. The average molecular weight is 472 g/mol. The normalized spacial score (nSPS) is 14.2. The molecule has 0 saturated carbocycles. The van der Waals surface area contributed by atoms with E-state index in [0.29, 0.717) is 44.0 Å². The third kappa shape index (κ3) is 4.93. The van der Waals surface area contributed by atoms with Crippen LogP contribution in [0.15, 0.2) is 84.4 Å². The number of aromatic nitrogens is 2. The second-order valence-corrected chi connectivity index (χ2v) is 9.08. The Morgan fingerprint density at radius 2 is 1.59 bits per heavy atom. The van der Waals surface area contributed by atoms with Gasteiger partial charge in [-0.15, -0.1) is 11.3 Å². The number of nitrogens with zero attached hydrogens (tertiary/aromatic N) is 4. The van der Waals surface area contributed by atoms with Gasteiger partial charge < -0.3 is 10.2 Å². The van der Waals surface area contributed by atoms with Crippen LogP contribution in [0.2, 0.25) is 0 Å². The summed E-state index contributed by atoms with van der Waals surface area (Å²) in [6.07, 6.45) is 1.83. The molecule has 0 atom stereocenters. The van der Waals surface area contributed by atoms with Gasteiger partial charge in [-0.1, -0.05) is 42.5 Å². The molecule has 1 saturated heterocycles. The Bertz CT molecular complexity index is 1250. The van der Waals surface area contributed by atoms with E-state index in [1.807, 2.05) is 89.3 Å². The van der Waals surface area contributed by atoms with E-state index < -0.39 is 0 Å². The first kappa shape index (κ1) is 22.1. The maximum atomic E-state index is 13.5. The number of anilines is 1. The van der Waals surface area contributed by atoms with Gasteiger partial charge >= 0.3 is 0 Å². The fourth-order valence-electron chi connectivity index (χ4n) is 4.04. The molecular formula is C26H25N5O2S. The van der Waals surface area contributed by atoms with E-state index in [2.05, 4.69) is 10.2 Å². The molecule has 34 heavy (non-hydrogen) atoms. The summed E-state index contributed by atoms with van der Waals surface area (Å²) >= 11 is 1.57. The maximum absolute atomic E-state index is 13.5. The van der Waals surface area contributed by atoms with E-state index in [4.69, 9.17) is 5.10 Å². The number of piperazine rings is 1. The molecule has 1 fully saturated rings. The number of hydrogen-bond acceptors (Lipinski definition) is 5. The summed E-state index contributed by atoms with van der Waals surface area (Å²) in [6, 6.07) is 23.2. The topological polar surface area (TPSA) is 70.5 Å². The summed E-state index contributed by atoms with van der Waals surface area (Å²) in [5.74, 6) is -0.0749. The number of para-hydroxylation sites is 2. The van der Waals surface area contributed by atoms with Crippen LogP contribution in [0.1, 0.15) is 10.4 Å². The van der Waals surface area contributed by atoms with Gasteiger partial charge in [0.15, 0.2) is 0 Å². The van der Waals surface area contributed by atoms with Crippen LogP contribution in [0.4, 0.5) is 5.69 Å². The Kier molecular flexibility index (Phi) is 6.51. The lowest BCUT2D eigenvalue weighted by Gasteiger charge is -2.34. The van der Waals surface area contributed by atoms with Crippen molar-refractivity contribution >= 4 is 28.8 Å². The molecule has 1 aliphatic heterocycles. The number of hydrogen-bond donors (Lipinski definition) is 1. The molecule has 172 valence electrons. The van der Waals surface area contributed by atoms with Crippen molar-refractivity contribution in [3.8, 4) is 16.3 Å². The molecule has 1 N–H and O–H groups in total. The summed E-state index contributed by atoms with van der Waals surface area (Å²) in [5, 5.41) is 9.66. The predicted octanol–water partition coefficient (Wildman–Crippen LogP) is 4.00. The van der Waals surface area contributed by atoms with E-state index in [1.54, 1.807) is 16.0 Å². The van der Waals surface area contributed by atoms with Gasteiger partial charge in [0.05, 0.1) is 22.7 Å². The monoisotopic (exact) mass is 471 g/mol. The van der Waals surface area contributed by atoms with Crippen molar-refractivity contribution in [2.45, 2.75) is 0 Å². The second kappa shape index (κ2) is 10.0. The summed E-state index contributed by atoms with van der Waals surface area (Å²) in [6.45, 7) is 2.74. The second-order valence-electron chi connectivity index (χ2n) is 8.13. The maximum Gasteiger partial charge on any atom is 0.257 e. The van der Waals surface area contributed by atoms with E-state index >= 15 is 0 Å². The lowest BCUT2D eigenvalue weighted by molar-refractivity contribution is -0.117. The van der Waals surface area contributed by atoms with Crippen LogP contribution in [0.25, 0.3) is 16.3 Å². The van der Waals surface area contributed by atoms with Crippen molar-refractivity contribution in [2.24, 2.45) is 0 Å². The molecular weight excluding hydrogens is 446 g/mol. The van der Waals surface area contributed by atoms with Crippen molar-refractivity contribution in [2.75, 3.05) is 38.0 Å². The van der Waals surface area contributed by atoms with Gasteiger partial charge in [0.1, 0.15) is 5.69 Å². The Labute approximate surface area is 202 Å². The summed E-state index contributed by atoms with van der Waals surface area (Å²) < 4.78 is 1.77. The van der Waals surface area contributed by atoms with Crippen molar-refractivity contribution in [3.63, 3.8) is 0 Å². The molecule has 2 aromatic carbocycles. The van der Waals surface area contributed by atoms with E-state index in [1.165, 1.54) is 0 Å². The highest BCUT2D eigenvalue weighted by atomic mass is 32.1. The molecule has 1 aliphatic rings. The van der Waals surface area contributed by atoms with Gasteiger partial charge in [0.25, 0.3) is 5.91 Å². The smallest absolute Gasteiger partial charge is 0.257 e. The first-order valence-electron chi connectivity index (χ1n) is 11.2. The van der Waals surface area contributed by atoms with E-state index in [0.717, 1.165) is 16.3 Å². The lowest BCUT2D eigenvalue weighted by atomic mass is 10.1. The Balaban J connectivity index is 1.26. The largest absolute Gasteiger partial charge is 0.336 e. The first-order valence-corrected chi connectivity index (χ1v) is 12.1. The minimum absolute atomic E-state index is 0.0287. The highest BCUT2D eigenvalue weighted by molar-refractivity contribution is 7.13. The molecule has 0 aliphatic carbocycles. The zero-order chi connectivity index (χ0) is 23.3. The number of benzene rings is 2. The number of rotatable bonds is 6. The zero-order valence-corrected chi connectivity index (χ0v) is 19.4. The molecule has 0 radical (unpaired) electrons. The standard InChI is InChI=1S/C26H25N5O2S/c32-24(27-20-8-3-1-4-9-20)19-29-13-15-30(16-14-29)26(33)22-18-31(21-10-5-2-6-11-21)28-25(22)23-12-7-17-34-23/h1-12,17-18H,13-16,19H2,(H,27,32). The van der Waals surface area contributed by atoms with Crippen LogP contribution in [0.5, 0.6) is 0 Å². The molecule has 7 nitrogen and oxygen atoms in total. The van der Waals surface area contributed by atoms with E-state index in [-0.39, 0.29) is 11.8 Å². The lowest BCUT2D eigenvalue weighted by Crippen LogP contribution is -2.50. The van der Waals surface area contributed by atoms with Crippen LogP contribution in [0, 0.1) is 0 Å². The molecule has 2 aromatic heterocycles. The molecule has 8 heteroatoms. The number of carbonyl (C=O) groups is 2. The van der Waals surface area contributed by atoms with Crippen molar-refractivity contribution in [3.05, 3.63) is 89.9 Å². The fourth-order valence-corrected chi connectivity index (χ4v) is 4.77. The van der Waals surface area contributed by atoms with Gasteiger partial charge in [-0.05, 0) is 35.7 Å². The predicted molar refractivity (Wildman–Crippen MR) is 134 cm³/mol. The van der Waals surface area contributed by atoms with Crippen LogP contribution in [-0.2, 0) is 4.79 Å². The Hall–Kier alpha value is -3.75. The van der Waals surface area contributed by atoms with Gasteiger partial charge in [0.2, 0.25) is 5.91 Å². The van der Waals surface area contributed by atoms with Crippen molar-refractivity contribution in [1.29, 1.82) is 0 Å². The third-order valence-electron chi connectivity index (χ3n) is 5.80. The number of thiophene rings is 1. The minimum atomic E-state index is -0.0462. The zero-order valence-electron chi connectivity index (χ0n) is 18.6. The van der Waals surface area contributed by atoms with Gasteiger partial charge in [-0.3, -0.25) is 14.5 Å². The number of nitrogens with one attached hydrogen (secondary N) is 1. The number of amides is 2. The highest BCUT2D eigenvalue weighted by Crippen LogP contribution is 2.29. The van der Waals surface area contributed by atoms with Gasteiger partial charge in [0, 0.05) is 38.1 Å². The molecule has 0 bridgehead atoms. The SMILES string of the molecule is O=C(CN1CCN(C(=O)c2cn(-c3ccccc3)nc2-c2cccs2)CC1)Nc1ccccc1. The summed E-state index contributed by atoms with van der Waals surface area (Å²) in [7, 11) is 0. The quantitative estimate of drug-likeness (QED) is 0.462. The number of carbonyl (C=O) groups excluding carboxylic acids is 2.